The molecule has 16 heavy (non-hydrogen) atoms. The van der Waals surface area contributed by atoms with E-state index in [-0.39, 0.29) is 0 Å². The van der Waals surface area contributed by atoms with Crippen LogP contribution in [0.1, 0.15) is 31.2 Å². The first-order valence-corrected chi connectivity index (χ1v) is 6.47. The third kappa shape index (κ3) is 3.08. The number of hydrogen-bond donors (Lipinski definition) is 0. The lowest BCUT2D eigenvalue weighted by Gasteiger charge is -2.34. The van der Waals surface area contributed by atoms with Crippen molar-refractivity contribution in [3.63, 3.8) is 0 Å². The van der Waals surface area contributed by atoms with E-state index in [1.54, 1.807) is 0 Å². The SMILES string of the molecule is [CH2]CC(Cc1ccccc1)N1CCCCC1. The third-order valence-corrected chi connectivity index (χ3v) is 3.55. The average Bonchev–Trinajstić information content (AvgIpc) is 2.38. The van der Waals surface area contributed by atoms with Crippen LogP contribution in [0.3, 0.4) is 0 Å². The summed E-state index contributed by atoms with van der Waals surface area (Å²) in [5, 5.41) is 0. The second-order valence-corrected chi connectivity index (χ2v) is 4.73. The minimum Gasteiger partial charge on any atom is -0.300 e. The number of hydrogen-bond acceptors (Lipinski definition) is 1. The summed E-state index contributed by atoms with van der Waals surface area (Å²) in [6.07, 6.45) is 6.32. The first-order valence-electron chi connectivity index (χ1n) is 6.47. The Labute approximate surface area is 99.5 Å². The molecule has 0 aromatic heterocycles. The van der Waals surface area contributed by atoms with E-state index < -0.39 is 0 Å². The van der Waals surface area contributed by atoms with E-state index >= 15 is 0 Å². The highest BCUT2D eigenvalue weighted by Crippen LogP contribution is 2.17. The molecule has 1 heterocycles. The Kier molecular flexibility index (Phi) is 4.41. The van der Waals surface area contributed by atoms with Gasteiger partial charge in [0.05, 0.1) is 0 Å². The van der Waals surface area contributed by atoms with Crippen molar-refractivity contribution in [1.29, 1.82) is 0 Å². The molecule has 0 aliphatic carbocycles. The molecule has 1 saturated heterocycles. The minimum atomic E-state index is 0.641. The van der Waals surface area contributed by atoms with Crippen LogP contribution in [0, 0.1) is 6.92 Å². The predicted octanol–water partition coefficient (Wildman–Crippen LogP) is 3.31. The molecule has 1 aliphatic rings. The Hall–Kier alpha value is -0.820. The van der Waals surface area contributed by atoms with Crippen LogP contribution >= 0.6 is 0 Å². The molecule has 1 heteroatoms. The lowest BCUT2D eigenvalue weighted by molar-refractivity contribution is 0.162. The van der Waals surface area contributed by atoms with Gasteiger partial charge < -0.3 is 4.90 Å². The standard InChI is InChI=1S/C15H22N/c1-2-15(16-11-7-4-8-12-16)13-14-9-5-3-6-10-14/h3,5-6,9-10,15H,1-2,4,7-8,11-13H2. The van der Waals surface area contributed by atoms with Gasteiger partial charge in [0.2, 0.25) is 0 Å². The Bertz CT molecular complexity index is 288. The maximum Gasteiger partial charge on any atom is 0.0136 e. The van der Waals surface area contributed by atoms with Crippen molar-refractivity contribution in [3.05, 3.63) is 42.8 Å². The lowest BCUT2D eigenvalue weighted by atomic mass is 10.00. The van der Waals surface area contributed by atoms with Crippen LogP contribution in [0.5, 0.6) is 0 Å². The van der Waals surface area contributed by atoms with Gasteiger partial charge in [-0.05, 0) is 44.3 Å². The van der Waals surface area contributed by atoms with Gasteiger partial charge in [0.1, 0.15) is 0 Å². The zero-order chi connectivity index (χ0) is 11.2. The molecule has 0 saturated carbocycles. The zero-order valence-corrected chi connectivity index (χ0v) is 10.1. The molecule has 1 aromatic carbocycles. The Morgan fingerprint density at radius 1 is 1.06 bits per heavy atom. The van der Waals surface area contributed by atoms with Gasteiger partial charge in [-0.2, -0.15) is 0 Å². The van der Waals surface area contributed by atoms with Crippen LogP contribution in [-0.2, 0) is 6.42 Å². The first kappa shape index (κ1) is 11.7. The molecule has 1 fully saturated rings. The summed E-state index contributed by atoms with van der Waals surface area (Å²) in [5.41, 5.74) is 1.45. The van der Waals surface area contributed by atoms with Gasteiger partial charge in [-0.1, -0.05) is 43.7 Å². The molecule has 2 rings (SSSR count). The van der Waals surface area contributed by atoms with Crippen LogP contribution in [-0.4, -0.2) is 24.0 Å². The van der Waals surface area contributed by atoms with Crippen LogP contribution < -0.4 is 0 Å². The van der Waals surface area contributed by atoms with Crippen LogP contribution in [0.15, 0.2) is 30.3 Å². The normalized spacial score (nSPS) is 19.6. The van der Waals surface area contributed by atoms with E-state index in [1.165, 1.54) is 37.9 Å². The molecule has 0 amide bonds. The summed E-state index contributed by atoms with van der Waals surface area (Å²) >= 11 is 0. The molecular formula is C15H22N. The second kappa shape index (κ2) is 6.05. The number of rotatable bonds is 4. The van der Waals surface area contributed by atoms with Gasteiger partial charge in [0.15, 0.2) is 0 Å². The highest BCUT2D eigenvalue weighted by atomic mass is 15.2. The molecule has 87 valence electrons. The molecule has 1 radical (unpaired) electrons. The first-order chi connectivity index (χ1) is 7.90. The molecule has 0 bridgehead atoms. The quantitative estimate of drug-likeness (QED) is 0.746. The fraction of sp³-hybridized carbons (Fsp3) is 0.533. The van der Waals surface area contributed by atoms with Gasteiger partial charge >= 0.3 is 0 Å². The summed E-state index contributed by atoms with van der Waals surface area (Å²) in [4.78, 5) is 2.63. The number of piperidine rings is 1. The summed E-state index contributed by atoms with van der Waals surface area (Å²) in [6, 6.07) is 11.4. The Morgan fingerprint density at radius 2 is 1.75 bits per heavy atom. The van der Waals surface area contributed by atoms with Gasteiger partial charge in [-0.3, -0.25) is 0 Å². The van der Waals surface area contributed by atoms with Crippen molar-refractivity contribution in [2.75, 3.05) is 13.1 Å². The van der Waals surface area contributed by atoms with Crippen molar-refractivity contribution in [3.8, 4) is 0 Å². The monoisotopic (exact) mass is 216 g/mol. The maximum absolute atomic E-state index is 4.12. The largest absolute Gasteiger partial charge is 0.300 e. The highest BCUT2D eigenvalue weighted by Gasteiger charge is 2.18. The van der Waals surface area contributed by atoms with E-state index in [1.807, 2.05) is 0 Å². The lowest BCUT2D eigenvalue weighted by Crippen LogP contribution is -2.40. The summed E-state index contributed by atoms with van der Waals surface area (Å²) in [6.45, 7) is 6.66. The smallest absolute Gasteiger partial charge is 0.0136 e. The van der Waals surface area contributed by atoms with Gasteiger partial charge in [-0.15, -0.1) is 0 Å². The zero-order valence-electron chi connectivity index (χ0n) is 10.1. The Balaban J connectivity index is 1.94. The number of benzene rings is 1. The maximum atomic E-state index is 4.12. The highest BCUT2D eigenvalue weighted by molar-refractivity contribution is 5.16. The number of likely N-dealkylation sites (tertiary alicyclic amines) is 1. The second-order valence-electron chi connectivity index (χ2n) is 4.73. The predicted molar refractivity (Wildman–Crippen MR) is 69.3 cm³/mol. The molecule has 1 atom stereocenters. The third-order valence-electron chi connectivity index (χ3n) is 3.55. The van der Waals surface area contributed by atoms with Gasteiger partial charge in [-0.25, -0.2) is 0 Å². The van der Waals surface area contributed by atoms with Crippen LogP contribution in [0.25, 0.3) is 0 Å². The van der Waals surface area contributed by atoms with Gasteiger partial charge in [0, 0.05) is 6.04 Å². The van der Waals surface area contributed by atoms with E-state index in [4.69, 9.17) is 0 Å². The molecule has 1 aromatic rings. The average molecular weight is 216 g/mol. The van der Waals surface area contributed by atoms with E-state index in [0.29, 0.717) is 6.04 Å². The minimum absolute atomic E-state index is 0.641. The molecule has 0 spiro atoms. The molecule has 1 aliphatic heterocycles. The van der Waals surface area contributed by atoms with Crippen LogP contribution in [0.2, 0.25) is 0 Å². The van der Waals surface area contributed by atoms with Crippen molar-refractivity contribution in [2.45, 2.75) is 38.1 Å². The fourth-order valence-electron chi connectivity index (χ4n) is 2.58. The van der Waals surface area contributed by atoms with E-state index in [0.717, 1.165) is 12.8 Å². The summed E-state index contributed by atoms with van der Waals surface area (Å²) < 4.78 is 0. The number of nitrogens with zero attached hydrogens (tertiary/aromatic N) is 1. The van der Waals surface area contributed by atoms with E-state index in [2.05, 4.69) is 42.2 Å². The Morgan fingerprint density at radius 3 is 2.38 bits per heavy atom. The molecular weight excluding hydrogens is 194 g/mol. The van der Waals surface area contributed by atoms with Crippen molar-refractivity contribution < 1.29 is 0 Å². The van der Waals surface area contributed by atoms with Gasteiger partial charge in [0.25, 0.3) is 0 Å². The molecule has 1 nitrogen and oxygen atoms in total. The van der Waals surface area contributed by atoms with E-state index in [9.17, 15) is 0 Å². The summed E-state index contributed by atoms with van der Waals surface area (Å²) in [7, 11) is 0. The van der Waals surface area contributed by atoms with Crippen molar-refractivity contribution in [1.82, 2.24) is 4.90 Å². The van der Waals surface area contributed by atoms with Crippen LogP contribution in [0.4, 0.5) is 0 Å². The molecule has 0 N–H and O–H groups in total. The van der Waals surface area contributed by atoms with Crippen molar-refractivity contribution in [2.24, 2.45) is 0 Å². The van der Waals surface area contributed by atoms with Crippen molar-refractivity contribution >= 4 is 0 Å². The topological polar surface area (TPSA) is 3.24 Å². The molecule has 1 unspecified atom stereocenters. The summed E-state index contributed by atoms with van der Waals surface area (Å²) in [5.74, 6) is 0. The fourth-order valence-corrected chi connectivity index (χ4v) is 2.58.